The number of hydrogen-bond donors (Lipinski definition) is 0. The third kappa shape index (κ3) is 1.75. The average molecular weight is 181 g/mol. The quantitative estimate of drug-likeness (QED) is 0.443. The summed E-state index contributed by atoms with van der Waals surface area (Å²) in [6.45, 7) is 3.37. The Hall–Kier alpha value is -0.830. The zero-order valence-corrected chi connectivity index (χ0v) is 7.95. The Labute approximate surface area is 78.4 Å². The SMILES string of the molecule is COC(=O)/C=C1\CN2CCC1CC2. The molecule has 3 rings (SSSR count). The van der Waals surface area contributed by atoms with Crippen LogP contribution in [0.1, 0.15) is 12.8 Å². The molecule has 0 radical (unpaired) electrons. The van der Waals surface area contributed by atoms with Gasteiger partial charge in [0.15, 0.2) is 0 Å². The highest BCUT2D eigenvalue weighted by atomic mass is 16.5. The second kappa shape index (κ2) is 3.50. The molecule has 0 saturated carbocycles. The minimum Gasteiger partial charge on any atom is -0.466 e. The highest BCUT2D eigenvalue weighted by molar-refractivity contribution is 5.82. The third-order valence-corrected chi connectivity index (χ3v) is 3.02. The van der Waals surface area contributed by atoms with Crippen LogP contribution in [0.3, 0.4) is 0 Å². The van der Waals surface area contributed by atoms with Crippen LogP contribution in [-0.2, 0) is 9.53 Å². The van der Waals surface area contributed by atoms with Crippen molar-refractivity contribution in [1.82, 2.24) is 4.90 Å². The average Bonchev–Trinajstić information content (AvgIpc) is 2.19. The Kier molecular flexibility index (Phi) is 2.36. The van der Waals surface area contributed by atoms with Crippen LogP contribution in [0.4, 0.5) is 0 Å². The van der Waals surface area contributed by atoms with E-state index in [1.54, 1.807) is 6.08 Å². The summed E-state index contributed by atoms with van der Waals surface area (Å²) in [5.74, 6) is 0.438. The van der Waals surface area contributed by atoms with E-state index in [1.807, 2.05) is 0 Å². The van der Waals surface area contributed by atoms with Gasteiger partial charge in [0.25, 0.3) is 0 Å². The summed E-state index contributed by atoms with van der Waals surface area (Å²) >= 11 is 0. The van der Waals surface area contributed by atoms with Crippen molar-refractivity contribution < 1.29 is 9.53 Å². The maximum Gasteiger partial charge on any atom is 0.330 e. The number of piperidine rings is 3. The molecule has 0 amide bonds. The molecule has 0 spiro atoms. The summed E-state index contributed by atoms with van der Waals surface area (Å²) in [5, 5.41) is 0. The van der Waals surface area contributed by atoms with Gasteiger partial charge in [0.1, 0.15) is 0 Å². The molecule has 0 N–H and O–H groups in total. The first-order valence-corrected chi connectivity index (χ1v) is 4.80. The number of carbonyl (C=O) groups excluding carboxylic acids is 1. The number of esters is 1. The Morgan fingerprint density at radius 1 is 1.54 bits per heavy atom. The van der Waals surface area contributed by atoms with Crippen LogP contribution in [-0.4, -0.2) is 37.6 Å². The van der Waals surface area contributed by atoms with Crippen molar-refractivity contribution in [3.8, 4) is 0 Å². The van der Waals surface area contributed by atoms with Crippen LogP contribution in [0.15, 0.2) is 11.6 Å². The van der Waals surface area contributed by atoms with E-state index in [9.17, 15) is 4.79 Å². The molecule has 3 aliphatic rings. The van der Waals surface area contributed by atoms with Gasteiger partial charge in [-0.1, -0.05) is 0 Å². The van der Waals surface area contributed by atoms with E-state index in [-0.39, 0.29) is 5.97 Å². The zero-order valence-electron chi connectivity index (χ0n) is 7.95. The maximum atomic E-state index is 11.0. The monoisotopic (exact) mass is 181 g/mol. The van der Waals surface area contributed by atoms with Crippen molar-refractivity contribution in [3.05, 3.63) is 11.6 Å². The van der Waals surface area contributed by atoms with E-state index in [0.717, 1.165) is 6.54 Å². The number of carbonyl (C=O) groups is 1. The number of ether oxygens (including phenoxy) is 1. The predicted octanol–water partition coefficient (Wildman–Crippen LogP) is 0.811. The number of hydrogen-bond acceptors (Lipinski definition) is 3. The van der Waals surface area contributed by atoms with Gasteiger partial charge < -0.3 is 4.74 Å². The first kappa shape index (κ1) is 8.75. The third-order valence-electron chi connectivity index (χ3n) is 3.02. The highest BCUT2D eigenvalue weighted by Crippen LogP contribution is 2.31. The van der Waals surface area contributed by atoms with Gasteiger partial charge in [-0.3, -0.25) is 4.90 Å². The summed E-state index contributed by atoms with van der Waals surface area (Å²) in [4.78, 5) is 13.4. The fourth-order valence-corrected chi connectivity index (χ4v) is 2.22. The summed E-state index contributed by atoms with van der Waals surface area (Å²) in [6, 6.07) is 0. The molecule has 0 aromatic rings. The Morgan fingerprint density at radius 2 is 2.23 bits per heavy atom. The summed E-state index contributed by atoms with van der Waals surface area (Å²) in [7, 11) is 1.43. The van der Waals surface area contributed by atoms with Gasteiger partial charge in [-0.25, -0.2) is 4.79 Å². The molecule has 0 unspecified atom stereocenters. The van der Waals surface area contributed by atoms with Gasteiger partial charge in [0.05, 0.1) is 7.11 Å². The molecule has 2 bridgehead atoms. The van der Waals surface area contributed by atoms with E-state index < -0.39 is 0 Å². The standard InChI is InChI=1S/C10H15NO2/c1-13-10(12)6-9-7-11-4-2-8(9)3-5-11/h6,8H,2-5,7H2,1H3/b9-6+. The molecule has 3 aliphatic heterocycles. The zero-order chi connectivity index (χ0) is 9.26. The molecule has 0 aliphatic carbocycles. The smallest absolute Gasteiger partial charge is 0.330 e. The van der Waals surface area contributed by atoms with Gasteiger partial charge in [-0.15, -0.1) is 0 Å². The number of nitrogens with zero attached hydrogens (tertiary/aromatic N) is 1. The molecule has 3 saturated heterocycles. The molecule has 0 aromatic heterocycles. The highest BCUT2D eigenvalue weighted by Gasteiger charge is 2.29. The van der Waals surface area contributed by atoms with Gasteiger partial charge in [-0.05, 0) is 37.4 Å². The molecule has 72 valence electrons. The Morgan fingerprint density at radius 3 is 2.69 bits per heavy atom. The van der Waals surface area contributed by atoms with Crippen LogP contribution in [0, 0.1) is 5.92 Å². The van der Waals surface area contributed by atoms with Crippen molar-refractivity contribution in [1.29, 1.82) is 0 Å². The number of rotatable bonds is 1. The van der Waals surface area contributed by atoms with E-state index in [0.29, 0.717) is 5.92 Å². The minimum absolute atomic E-state index is 0.205. The lowest BCUT2D eigenvalue weighted by molar-refractivity contribution is -0.135. The number of fused-ring (bicyclic) bond motifs is 3. The van der Waals surface area contributed by atoms with Crippen LogP contribution < -0.4 is 0 Å². The molecule has 3 nitrogen and oxygen atoms in total. The van der Waals surface area contributed by atoms with Gasteiger partial charge >= 0.3 is 5.97 Å². The van der Waals surface area contributed by atoms with Crippen LogP contribution in [0.2, 0.25) is 0 Å². The van der Waals surface area contributed by atoms with Crippen molar-refractivity contribution >= 4 is 5.97 Å². The molecular formula is C10H15NO2. The van der Waals surface area contributed by atoms with Gasteiger partial charge in [0.2, 0.25) is 0 Å². The van der Waals surface area contributed by atoms with Crippen molar-refractivity contribution in [2.45, 2.75) is 12.8 Å². The fourth-order valence-electron chi connectivity index (χ4n) is 2.22. The number of methoxy groups -OCH3 is 1. The van der Waals surface area contributed by atoms with Crippen molar-refractivity contribution in [2.75, 3.05) is 26.7 Å². The molecule has 3 fully saturated rings. The van der Waals surface area contributed by atoms with Gasteiger partial charge in [0, 0.05) is 12.6 Å². The van der Waals surface area contributed by atoms with Crippen LogP contribution >= 0.6 is 0 Å². The Bertz CT molecular complexity index is 239. The summed E-state index contributed by atoms with van der Waals surface area (Å²) < 4.78 is 4.63. The normalized spacial score (nSPS) is 35.0. The fraction of sp³-hybridized carbons (Fsp3) is 0.700. The second-order valence-corrected chi connectivity index (χ2v) is 3.79. The first-order chi connectivity index (χ1) is 6.29. The van der Waals surface area contributed by atoms with E-state index >= 15 is 0 Å². The molecule has 3 heterocycles. The molecule has 13 heavy (non-hydrogen) atoms. The van der Waals surface area contributed by atoms with Crippen LogP contribution in [0.25, 0.3) is 0 Å². The van der Waals surface area contributed by atoms with E-state index in [2.05, 4.69) is 9.64 Å². The summed E-state index contributed by atoms with van der Waals surface area (Å²) in [5.41, 5.74) is 1.27. The summed E-state index contributed by atoms with van der Waals surface area (Å²) in [6.07, 6.45) is 4.10. The molecular weight excluding hydrogens is 166 g/mol. The van der Waals surface area contributed by atoms with Crippen molar-refractivity contribution in [2.24, 2.45) is 5.92 Å². The van der Waals surface area contributed by atoms with Crippen molar-refractivity contribution in [3.63, 3.8) is 0 Å². The lowest BCUT2D eigenvalue weighted by atomic mass is 9.83. The lowest BCUT2D eigenvalue weighted by Gasteiger charge is -2.40. The first-order valence-electron chi connectivity index (χ1n) is 4.80. The van der Waals surface area contributed by atoms with E-state index in [1.165, 1.54) is 38.6 Å². The minimum atomic E-state index is -0.205. The maximum absolute atomic E-state index is 11.0. The predicted molar refractivity (Wildman–Crippen MR) is 49.3 cm³/mol. The molecule has 3 heteroatoms. The Balaban J connectivity index is 2.08. The van der Waals surface area contributed by atoms with Crippen LogP contribution in [0.5, 0.6) is 0 Å². The second-order valence-electron chi connectivity index (χ2n) is 3.79. The molecule has 0 atom stereocenters. The topological polar surface area (TPSA) is 29.5 Å². The largest absolute Gasteiger partial charge is 0.466 e. The van der Waals surface area contributed by atoms with E-state index in [4.69, 9.17) is 0 Å². The van der Waals surface area contributed by atoms with Gasteiger partial charge in [-0.2, -0.15) is 0 Å². The molecule has 0 aromatic carbocycles. The lowest BCUT2D eigenvalue weighted by Crippen LogP contribution is -2.43.